The van der Waals surface area contributed by atoms with Gasteiger partial charge in [0.15, 0.2) is 0 Å². The van der Waals surface area contributed by atoms with Gasteiger partial charge in [-0.15, -0.1) is 25.2 Å². The van der Waals surface area contributed by atoms with E-state index in [-0.39, 0.29) is 16.8 Å². The third-order valence-electron chi connectivity index (χ3n) is 1.91. The van der Waals surface area contributed by atoms with E-state index in [0.29, 0.717) is 24.2 Å². The monoisotopic (exact) mass is 341 g/mol. The maximum absolute atomic E-state index is 4.25. The second-order valence-electron chi connectivity index (χ2n) is 5.77. The van der Waals surface area contributed by atoms with E-state index >= 15 is 0 Å². The Kier molecular flexibility index (Phi) is 21.8. The Morgan fingerprint density at radius 2 is 0.952 bits per heavy atom. The zero-order valence-electron chi connectivity index (χ0n) is 15.0. The van der Waals surface area contributed by atoms with Gasteiger partial charge in [-0.2, -0.15) is 0 Å². The summed E-state index contributed by atoms with van der Waals surface area (Å²) in [4.78, 5) is 8.36. The van der Waals surface area contributed by atoms with Gasteiger partial charge in [-0.3, -0.25) is 9.98 Å². The maximum atomic E-state index is 4.25. The van der Waals surface area contributed by atoms with Gasteiger partial charge in [-0.05, 0) is 40.1 Å². The van der Waals surface area contributed by atoms with Crippen molar-refractivity contribution < 1.29 is 16.8 Å². The number of aliphatic imine (C=N–C) groups is 2. The molecule has 1 radical (unpaired) electrons. The number of hydrogen-bond acceptors (Lipinski definition) is 2. The van der Waals surface area contributed by atoms with Crippen molar-refractivity contribution in [3.8, 4) is 0 Å². The minimum atomic E-state index is 0. The zero-order valence-corrected chi connectivity index (χ0v) is 16.0. The van der Waals surface area contributed by atoms with Gasteiger partial charge in [-0.25, -0.2) is 0 Å². The minimum absolute atomic E-state index is 0. The Morgan fingerprint density at radius 3 is 1.14 bits per heavy atom. The molecule has 0 heterocycles. The Bertz CT molecular complexity index is 223. The Balaban J connectivity index is -0.000000295. The molecule has 0 aliphatic carbocycles. The molecule has 0 N–H and O–H groups in total. The summed E-state index contributed by atoms with van der Waals surface area (Å²) < 4.78 is 0. The molecule has 0 aromatic carbocycles. The van der Waals surface area contributed by atoms with Crippen LogP contribution in [0.25, 0.3) is 10.6 Å². The van der Waals surface area contributed by atoms with Crippen LogP contribution in [0.3, 0.4) is 0 Å². The summed E-state index contributed by atoms with van der Waals surface area (Å²) in [6, 6.07) is 1.67. The van der Waals surface area contributed by atoms with E-state index in [0.717, 1.165) is 13.1 Å². The fourth-order valence-corrected chi connectivity index (χ4v) is 1.03. The van der Waals surface area contributed by atoms with Crippen LogP contribution in [0.5, 0.6) is 0 Å². The summed E-state index contributed by atoms with van der Waals surface area (Å²) in [5, 5.41) is 8.49. The van der Waals surface area contributed by atoms with Crippen LogP contribution in [0.1, 0.15) is 55.4 Å². The summed E-state index contributed by atoms with van der Waals surface area (Å²) in [7, 11) is 0. The third-order valence-corrected chi connectivity index (χ3v) is 1.91. The van der Waals surface area contributed by atoms with Crippen molar-refractivity contribution in [1.29, 1.82) is 0 Å². The number of nitrogens with zero attached hydrogens (tertiary/aromatic N) is 4. The molecule has 0 aromatic rings. The minimum Gasteiger partial charge on any atom is -0.655 e. The van der Waals surface area contributed by atoms with Gasteiger partial charge in [0.05, 0.1) is 0 Å². The molecule has 0 atom stereocenters. The molecule has 0 fully saturated rings. The Labute approximate surface area is 142 Å². The molecule has 0 aromatic heterocycles. The molecule has 0 aliphatic rings. The first-order chi connectivity index (χ1) is 9.25. The van der Waals surface area contributed by atoms with E-state index in [1.54, 1.807) is 0 Å². The Morgan fingerprint density at radius 1 is 0.667 bits per heavy atom. The first-order valence-electron chi connectivity index (χ1n) is 7.62. The third kappa shape index (κ3) is 32.9. The predicted molar refractivity (Wildman–Crippen MR) is 94.0 cm³/mol. The van der Waals surface area contributed by atoms with E-state index in [1.807, 2.05) is 12.4 Å². The second-order valence-corrected chi connectivity index (χ2v) is 5.77. The molecular weight excluding hydrogens is 307 g/mol. The molecule has 21 heavy (non-hydrogen) atoms. The molecule has 0 unspecified atom stereocenters. The van der Waals surface area contributed by atoms with Crippen molar-refractivity contribution in [2.45, 2.75) is 79.6 Å². The molecule has 4 nitrogen and oxygen atoms in total. The first-order valence-corrected chi connectivity index (χ1v) is 7.62. The SMILES string of the molecule is CC(C)N=CC[N-]C(C)C.CC(C)N=CC[N-]C(C)C.[Co]. The summed E-state index contributed by atoms with van der Waals surface area (Å²) in [5.74, 6) is 0. The van der Waals surface area contributed by atoms with E-state index < -0.39 is 0 Å². The van der Waals surface area contributed by atoms with Crippen molar-refractivity contribution in [3.05, 3.63) is 10.6 Å². The van der Waals surface area contributed by atoms with Crippen LogP contribution in [0.15, 0.2) is 9.98 Å². The Hall–Kier alpha value is -0.234. The van der Waals surface area contributed by atoms with Crippen molar-refractivity contribution in [2.24, 2.45) is 9.98 Å². The normalized spacial score (nSPS) is 11.6. The van der Waals surface area contributed by atoms with Crippen molar-refractivity contribution in [3.63, 3.8) is 0 Å². The summed E-state index contributed by atoms with van der Waals surface area (Å²) in [6.45, 7) is 18.1. The molecule has 0 saturated heterocycles. The molecule has 0 saturated carbocycles. The van der Waals surface area contributed by atoms with Crippen LogP contribution < -0.4 is 0 Å². The quantitative estimate of drug-likeness (QED) is 0.584. The number of hydrogen-bond donors (Lipinski definition) is 0. The molecule has 0 amide bonds. The van der Waals surface area contributed by atoms with Crippen molar-refractivity contribution in [2.75, 3.05) is 13.1 Å². The maximum Gasteiger partial charge on any atom is 0.0438 e. The average Bonchev–Trinajstić information content (AvgIpc) is 2.30. The van der Waals surface area contributed by atoms with Gasteiger partial charge < -0.3 is 10.6 Å². The standard InChI is InChI=1S/2C8H17N2.Co/c2*1-7(2)9-5-6-10-8(3)4;/h2*5,7-8H,6H2,1-4H3;/q2*-1;. The van der Waals surface area contributed by atoms with Gasteiger partial charge in [0.1, 0.15) is 0 Å². The van der Waals surface area contributed by atoms with Crippen LogP contribution in [0, 0.1) is 0 Å². The molecule has 0 spiro atoms. The summed E-state index contributed by atoms with van der Waals surface area (Å²) in [6.07, 6.45) is 3.76. The van der Waals surface area contributed by atoms with Crippen molar-refractivity contribution in [1.82, 2.24) is 0 Å². The van der Waals surface area contributed by atoms with E-state index in [2.05, 4.69) is 76.0 Å². The van der Waals surface area contributed by atoms with Crippen LogP contribution in [0.4, 0.5) is 0 Å². The average molecular weight is 341 g/mol. The summed E-state index contributed by atoms with van der Waals surface area (Å²) in [5.41, 5.74) is 0. The second kappa shape index (κ2) is 17.8. The van der Waals surface area contributed by atoms with Crippen LogP contribution in [-0.4, -0.2) is 49.7 Å². The van der Waals surface area contributed by atoms with Crippen LogP contribution in [0.2, 0.25) is 0 Å². The van der Waals surface area contributed by atoms with Crippen molar-refractivity contribution >= 4 is 12.4 Å². The molecular formula is C16H34CoN4-2. The topological polar surface area (TPSA) is 52.9 Å². The zero-order chi connectivity index (χ0) is 16.0. The number of rotatable bonds is 8. The van der Waals surface area contributed by atoms with Gasteiger partial charge in [-0.1, -0.05) is 27.7 Å². The molecule has 0 rings (SSSR count). The largest absolute Gasteiger partial charge is 0.655 e. The van der Waals surface area contributed by atoms with Gasteiger partial charge in [0, 0.05) is 28.9 Å². The fraction of sp³-hybridized carbons (Fsp3) is 0.875. The summed E-state index contributed by atoms with van der Waals surface area (Å²) >= 11 is 0. The van der Waals surface area contributed by atoms with Gasteiger partial charge in [0.2, 0.25) is 0 Å². The van der Waals surface area contributed by atoms with Crippen LogP contribution in [-0.2, 0) is 16.8 Å². The smallest absolute Gasteiger partial charge is 0.0438 e. The molecule has 0 bridgehead atoms. The first kappa shape index (κ1) is 25.7. The van der Waals surface area contributed by atoms with Gasteiger partial charge >= 0.3 is 0 Å². The predicted octanol–water partition coefficient (Wildman–Crippen LogP) is 4.49. The van der Waals surface area contributed by atoms with E-state index in [1.165, 1.54) is 0 Å². The van der Waals surface area contributed by atoms with Crippen LogP contribution >= 0.6 is 0 Å². The van der Waals surface area contributed by atoms with E-state index in [4.69, 9.17) is 0 Å². The molecule has 129 valence electrons. The molecule has 5 heteroatoms. The molecule has 0 aliphatic heterocycles. The van der Waals surface area contributed by atoms with E-state index in [9.17, 15) is 0 Å². The fourth-order valence-electron chi connectivity index (χ4n) is 1.03. The van der Waals surface area contributed by atoms with Gasteiger partial charge in [0.25, 0.3) is 0 Å².